The fourth-order valence-corrected chi connectivity index (χ4v) is 1.67. The van der Waals surface area contributed by atoms with Gasteiger partial charge in [-0.3, -0.25) is 10.1 Å². The number of non-ortho nitro benzene ring substituents is 1. The number of hydrogen-bond donors (Lipinski definition) is 1. The van der Waals surface area contributed by atoms with Crippen molar-refractivity contribution in [2.75, 3.05) is 25.1 Å². The van der Waals surface area contributed by atoms with Gasteiger partial charge in [0.2, 0.25) is 0 Å². The molecule has 0 bridgehead atoms. The molecule has 0 saturated heterocycles. The van der Waals surface area contributed by atoms with Crippen molar-refractivity contribution in [2.24, 2.45) is 0 Å². The lowest BCUT2D eigenvalue weighted by molar-refractivity contribution is -0.384. The SMILES string of the molecule is C=CCN(C)c1ccc([N+](=O)[O-])cc1CCO. The third-order valence-corrected chi connectivity index (χ3v) is 2.47. The third-order valence-electron chi connectivity index (χ3n) is 2.47. The van der Waals surface area contributed by atoms with Crippen LogP contribution in [0.5, 0.6) is 0 Å². The van der Waals surface area contributed by atoms with Gasteiger partial charge in [0.15, 0.2) is 0 Å². The monoisotopic (exact) mass is 236 g/mol. The van der Waals surface area contributed by atoms with Crippen molar-refractivity contribution in [1.29, 1.82) is 0 Å². The lowest BCUT2D eigenvalue weighted by Crippen LogP contribution is -2.18. The Morgan fingerprint density at radius 2 is 2.29 bits per heavy atom. The topological polar surface area (TPSA) is 66.6 Å². The van der Waals surface area contributed by atoms with E-state index in [9.17, 15) is 10.1 Å². The van der Waals surface area contributed by atoms with E-state index in [0.717, 1.165) is 11.3 Å². The molecule has 0 aromatic heterocycles. The van der Waals surface area contributed by atoms with E-state index in [1.54, 1.807) is 12.1 Å². The van der Waals surface area contributed by atoms with Gasteiger partial charge in [0.1, 0.15) is 0 Å². The van der Waals surface area contributed by atoms with Crippen LogP contribution < -0.4 is 4.90 Å². The van der Waals surface area contributed by atoms with Crippen molar-refractivity contribution in [2.45, 2.75) is 6.42 Å². The molecule has 0 heterocycles. The van der Waals surface area contributed by atoms with E-state index >= 15 is 0 Å². The number of nitrogens with zero attached hydrogens (tertiary/aromatic N) is 2. The molecule has 1 rings (SSSR count). The van der Waals surface area contributed by atoms with Crippen LogP contribution in [0.15, 0.2) is 30.9 Å². The van der Waals surface area contributed by atoms with Gasteiger partial charge in [0.05, 0.1) is 4.92 Å². The Hall–Kier alpha value is -1.88. The first-order valence-electron chi connectivity index (χ1n) is 5.30. The highest BCUT2D eigenvalue weighted by Crippen LogP contribution is 2.25. The summed E-state index contributed by atoms with van der Waals surface area (Å²) < 4.78 is 0. The second-order valence-electron chi connectivity index (χ2n) is 3.71. The number of aliphatic hydroxyl groups excluding tert-OH is 1. The molecule has 0 unspecified atom stereocenters. The average Bonchev–Trinajstić information content (AvgIpc) is 2.29. The molecule has 0 radical (unpaired) electrons. The fourth-order valence-electron chi connectivity index (χ4n) is 1.67. The molecule has 1 aromatic rings. The zero-order chi connectivity index (χ0) is 12.8. The van der Waals surface area contributed by atoms with Gasteiger partial charge < -0.3 is 10.0 Å². The molecule has 0 aliphatic rings. The van der Waals surface area contributed by atoms with Crippen molar-refractivity contribution >= 4 is 11.4 Å². The molecule has 0 fully saturated rings. The molecular weight excluding hydrogens is 220 g/mol. The van der Waals surface area contributed by atoms with Gasteiger partial charge in [-0.25, -0.2) is 0 Å². The van der Waals surface area contributed by atoms with E-state index in [1.165, 1.54) is 12.1 Å². The summed E-state index contributed by atoms with van der Waals surface area (Å²) in [4.78, 5) is 12.2. The molecule has 0 aliphatic carbocycles. The molecule has 5 heteroatoms. The minimum Gasteiger partial charge on any atom is -0.396 e. The zero-order valence-electron chi connectivity index (χ0n) is 9.80. The van der Waals surface area contributed by atoms with Crippen LogP contribution in [0.1, 0.15) is 5.56 Å². The second kappa shape index (κ2) is 6.00. The van der Waals surface area contributed by atoms with Crippen LogP contribution in [0.25, 0.3) is 0 Å². The van der Waals surface area contributed by atoms with E-state index in [4.69, 9.17) is 5.11 Å². The Morgan fingerprint density at radius 3 is 2.82 bits per heavy atom. The number of anilines is 1. The number of nitro groups is 1. The van der Waals surface area contributed by atoms with Crippen LogP contribution in [0.2, 0.25) is 0 Å². The highest BCUT2D eigenvalue weighted by Gasteiger charge is 2.12. The number of aliphatic hydroxyl groups is 1. The van der Waals surface area contributed by atoms with Crippen LogP contribution >= 0.6 is 0 Å². The second-order valence-corrected chi connectivity index (χ2v) is 3.71. The third kappa shape index (κ3) is 3.29. The maximum absolute atomic E-state index is 10.7. The van der Waals surface area contributed by atoms with Gasteiger partial charge in [-0.05, 0) is 18.1 Å². The van der Waals surface area contributed by atoms with E-state index in [1.807, 2.05) is 11.9 Å². The Kier molecular flexibility index (Phi) is 4.66. The number of hydrogen-bond acceptors (Lipinski definition) is 4. The summed E-state index contributed by atoms with van der Waals surface area (Å²) >= 11 is 0. The molecule has 0 atom stereocenters. The highest BCUT2D eigenvalue weighted by molar-refractivity contribution is 5.58. The Bertz CT molecular complexity index is 418. The number of benzene rings is 1. The summed E-state index contributed by atoms with van der Waals surface area (Å²) in [7, 11) is 1.88. The Labute approximate surface area is 100 Å². The number of rotatable bonds is 6. The fraction of sp³-hybridized carbons (Fsp3) is 0.333. The summed E-state index contributed by atoms with van der Waals surface area (Å²) in [5.74, 6) is 0. The summed E-state index contributed by atoms with van der Waals surface area (Å²) in [5, 5.41) is 19.7. The molecule has 5 nitrogen and oxygen atoms in total. The lowest BCUT2D eigenvalue weighted by atomic mass is 10.1. The maximum atomic E-state index is 10.7. The van der Waals surface area contributed by atoms with E-state index in [-0.39, 0.29) is 12.3 Å². The Balaban J connectivity index is 3.11. The van der Waals surface area contributed by atoms with Gasteiger partial charge in [-0.1, -0.05) is 6.08 Å². The molecule has 0 saturated carbocycles. The van der Waals surface area contributed by atoms with Crippen molar-refractivity contribution in [1.82, 2.24) is 0 Å². The summed E-state index contributed by atoms with van der Waals surface area (Å²) in [6, 6.07) is 4.67. The highest BCUT2D eigenvalue weighted by atomic mass is 16.6. The first kappa shape index (κ1) is 13.2. The predicted molar refractivity (Wildman–Crippen MR) is 67.4 cm³/mol. The van der Waals surface area contributed by atoms with Gasteiger partial charge in [0, 0.05) is 38.0 Å². The summed E-state index contributed by atoms with van der Waals surface area (Å²) in [6.07, 6.45) is 2.16. The maximum Gasteiger partial charge on any atom is 0.269 e. The van der Waals surface area contributed by atoms with Crippen LogP contribution in [0.4, 0.5) is 11.4 Å². The normalized spacial score (nSPS) is 10.0. The molecule has 0 aliphatic heterocycles. The van der Waals surface area contributed by atoms with Crippen LogP contribution in [-0.4, -0.2) is 30.2 Å². The first-order valence-corrected chi connectivity index (χ1v) is 5.30. The largest absolute Gasteiger partial charge is 0.396 e. The molecule has 1 N–H and O–H groups in total. The van der Waals surface area contributed by atoms with Crippen LogP contribution in [0.3, 0.4) is 0 Å². The smallest absolute Gasteiger partial charge is 0.269 e. The van der Waals surface area contributed by atoms with E-state index in [2.05, 4.69) is 6.58 Å². The minimum absolute atomic E-state index is 0.0316. The van der Waals surface area contributed by atoms with Crippen molar-refractivity contribution in [3.05, 3.63) is 46.5 Å². The van der Waals surface area contributed by atoms with E-state index in [0.29, 0.717) is 13.0 Å². The number of nitro benzene ring substituents is 1. The lowest BCUT2D eigenvalue weighted by Gasteiger charge is -2.20. The minimum atomic E-state index is -0.432. The van der Waals surface area contributed by atoms with Crippen LogP contribution in [0, 0.1) is 10.1 Å². The molecule has 0 amide bonds. The molecule has 92 valence electrons. The zero-order valence-corrected chi connectivity index (χ0v) is 9.80. The van der Waals surface area contributed by atoms with Crippen molar-refractivity contribution < 1.29 is 10.0 Å². The predicted octanol–water partition coefficient (Wildman–Crippen LogP) is 1.75. The van der Waals surface area contributed by atoms with Gasteiger partial charge in [0.25, 0.3) is 5.69 Å². The van der Waals surface area contributed by atoms with Crippen LogP contribution in [-0.2, 0) is 6.42 Å². The Morgan fingerprint density at radius 1 is 1.59 bits per heavy atom. The van der Waals surface area contributed by atoms with Gasteiger partial charge in [-0.2, -0.15) is 0 Å². The van der Waals surface area contributed by atoms with E-state index < -0.39 is 4.92 Å². The number of likely N-dealkylation sites (N-methyl/N-ethyl adjacent to an activating group) is 1. The molecular formula is C12H16N2O3. The van der Waals surface area contributed by atoms with Gasteiger partial charge in [-0.15, -0.1) is 6.58 Å². The summed E-state index contributed by atoms with van der Waals surface area (Å²) in [5.41, 5.74) is 1.69. The first-order chi connectivity index (χ1) is 8.10. The molecule has 0 spiro atoms. The van der Waals surface area contributed by atoms with Crippen molar-refractivity contribution in [3.8, 4) is 0 Å². The summed E-state index contributed by atoms with van der Waals surface area (Å²) in [6.45, 7) is 4.27. The van der Waals surface area contributed by atoms with Crippen molar-refractivity contribution in [3.63, 3.8) is 0 Å². The van der Waals surface area contributed by atoms with Gasteiger partial charge >= 0.3 is 0 Å². The quantitative estimate of drug-likeness (QED) is 0.464. The standard InChI is InChI=1S/C12H16N2O3/c1-3-7-13(2)12-5-4-11(14(16)17)9-10(12)6-8-15/h3-5,9,15H,1,6-8H2,2H3. The molecule has 17 heavy (non-hydrogen) atoms. The molecule has 1 aromatic carbocycles. The average molecular weight is 236 g/mol.